The van der Waals surface area contributed by atoms with Crippen molar-refractivity contribution in [1.82, 2.24) is 15.4 Å². The van der Waals surface area contributed by atoms with Crippen LogP contribution in [0.4, 0.5) is 0 Å². The zero-order valence-electron chi connectivity index (χ0n) is 9.69. The molecule has 0 saturated carbocycles. The molecule has 88 valence electrons. The largest absolute Gasteiger partial charge is 0.351 e. The van der Waals surface area contributed by atoms with E-state index in [0.717, 1.165) is 31.6 Å². The predicted octanol–water partition coefficient (Wildman–Crippen LogP) is 0.807. The van der Waals surface area contributed by atoms with Gasteiger partial charge in [0.05, 0.1) is 5.69 Å². The lowest BCUT2D eigenvalue weighted by Gasteiger charge is -2.23. The summed E-state index contributed by atoms with van der Waals surface area (Å²) in [6.07, 6.45) is 2.12. The highest BCUT2D eigenvalue weighted by molar-refractivity contribution is 5.91. The van der Waals surface area contributed by atoms with Crippen molar-refractivity contribution in [1.29, 1.82) is 0 Å². The van der Waals surface area contributed by atoms with Crippen molar-refractivity contribution in [3.05, 3.63) is 17.5 Å². The summed E-state index contributed by atoms with van der Waals surface area (Å²) in [5.41, 5.74) is 0.743. The number of nitrogens with one attached hydrogen (secondary N) is 1. The van der Waals surface area contributed by atoms with Gasteiger partial charge >= 0.3 is 0 Å². The number of aryl methyl sites for hydroxylation is 1. The Labute approximate surface area is 94.8 Å². The van der Waals surface area contributed by atoms with Gasteiger partial charge in [-0.05, 0) is 26.8 Å². The van der Waals surface area contributed by atoms with Crippen LogP contribution in [0.5, 0.6) is 0 Å². The Balaban J connectivity index is 2.09. The molecule has 1 fully saturated rings. The van der Waals surface area contributed by atoms with E-state index in [1.807, 2.05) is 18.9 Å². The third kappa shape index (κ3) is 2.09. The average Bonchev–Trinajstić information content (AvgIpc) is 2.87. The molecule has 1 atom stereocenters. The molecule has 2 heterocycles. The van der Waals surface area contributed by atoms with Gasteiger partial charge in [-0.3, -0.25) is 4.79 Å². The molecule has 2 rings (SSSR count). The molecule has 0 spiro atoms. The molecule has 1 aliphatic heterocycles. The maximum absolute atomic E-state index is 12.1. The standard InChI is InChI=1S/C11H17N3O2/c1-8-6-10(16-13-8)11(15)14-5-3-4-9(14)7-12-2/h6,9,12H,3-5,7H2,1-2H3. The van der Waals surface area contributed by atoms with E-state index in [1.54, 1.807) is 6.07 Å². The van der Waals surface area contributed by atoms with E-state index in [0.29, 0.717) is 5.76 Å². The predicted molar refractivity (Wildman–Crippen MR) is 59.2 cm³/mol. The van der Waals surface area contributed by atoms with Crippen LogP contribution in [0, 0.1) is 6.92 Å². The highest BCUT2D eigenvalue weighted by Crippen LogP contribution is 2.19. The molecule has 16 heavy (non-hydrogen) atoms. The van der Waals surface area contributed by atoms with E-state index in [-0.39, 0.29) is 11.9 Å². The van der Waals surface area contributed by atoms with Crippen molar-refractivity contribution in [2.45, 2.75) is 25.8 Å². The Hall–Kier alpha value is -1.36. The molecule has 1 N–H and O–H groups in total. The molecular formula is C11H17N3O2. The Kier molecular flexibility index (Phi) is 3.24. The van der Waals surface area contributed by atoms with E-state index in [9.17, 15) is 4.79 Å². The van der Waals surface area contributed by atoms with E-state index in [1.165, 1.54) is 0 Å². The quantitative estimate of drug-likeness (QED) is 0.823. The van der Waals surface area contributed by atoms with Crippen molar-refractivity contribution in [2.24, 2.45) is 0 Å². The van der Waals surface area contributed by atoms with E-state index >= 15 is 0 Å². The molecule has 5 heteroatoms. The summed E-state index contributed by atoms with van der Waals surface area (Å²) in [4.78, 5) is 14.0. The number of hydrogen-bond acceptors (Lipinski definition) is 4. The number of amides is 1. The fourth-order valence-electron chi connectivity index (χ4n) is 2.16. The first kappa shape index (κ1) is 11.1. The normalized spacial score (nSPS) is 20.4. The summed E-state index contributed by atoms with van der Waals surface area (Å²) in [6.45, 7) is 3.46. The SMILES string of the molecule is CNCC1CCCN1C(=O)c1cc(C)no1. The van der Waals surface area contributed by atoms with Crippen LogP contribution < -0.4 is 5.32 Å². The summed E-state index contributed by atoms with van der Waals surface area (Å²) >= 11 is 0. The van der Waals surface area contributed by atoms with Crippen LogP contribution in [0.3, 0.4) is 0 Å². The summed E-state index contributed by atoms with van der Waals surface area (Å²) in [6, 6.07) is 1.97. The molecule has 0 aliphatic carbocycles. The summed E-state index contributed by atoms with van der Waals surface area (Å²) < 4.78 is 5.00. The zero-order valence-corrected chi connectivity index (χ0v) is 9.69. The first-order valence-electron chi connectivity index (χ1n) is 5.61. The van der Waals surface area contributed by atoms with Gasteiger partial charge in [0, 0.05) is 25.2 Å². The maximum Gasteiger partial charge on any atom is 0.292 e. The van der Waals surface area contributed by atoms with Crippen molar-refractivity contribution in [2.75, 3.05) is 20.1 Å². The number of hydrogen-bond donors (Lipinski definition) is 1. The fraction of sp³-hybridized carbons (Fsp3) is 0.636. The maximum atomic E-state index is 12.1. The molecule has 0 bridgehead atoms. The van der Waals surface area contributed by atoms with Gasteiger partial charge in [-0.1, -0.05) is 5.16 Å². The number of carbonyl (C=O) groups is 1. The first-order valence-corrected chi connectivity index (χ1v) is 5.61. The lowest BCUT2D eigenvalue weighted by atomic mass is 10.2. The van der Waals surface area contributed by atoms with Gasteiger partial charge in [0.2, 0.25) is 5.76 Å². The van der Waals surface area contributed by atoms with Crippen LogP contribution >= 0.6 is 0 Å². The lowest BCUT2D eigenvalue weighted by molar-refractivity contribution is 0.0695. The number of likely N-dealkylation sites (N-methyl/N-ethyl adjacent to an activating group) is 1. The topological polar surface area (TPSA) is 58.4 Å². The molecule has 5 nitrogen and oxygen atoms in total. The molecule has 1 saturated heterocycles. The van der Waals surface area contributed by atoms with Crippen LogP contribution in [0.1, 0.15) is 29.1 Å². The second kappa shape index (κ2) is 4.65. The minimum Gasteiger partial charge on any atom is -0.351 e. The second-order valence-electron chi connectivity index (χ2n) is 4.18. The smallest absolute Gasteiger partial charge is 0.292 e. The van der Waals surface area contributed by atoms with Crippen LogP contribution in [0.2, 0.25) is 0 Å². The third-order valence-corrected chi connectivity index (χ3v) is 2.92. The zero-order chi connectivity index (χ0) is 11.5. The Morgan fingerprint density at radius 1 is 1.75 bits per heavy atom. The molecule has 1 aromatic heterocycles. The highest BCUT2D eigenvalue weighted by Gasteiger charge is 2.30. The third-order valence-electron chi connectivity index (χ3n) is 2.92. The van der Waals surface area contributed by atoms with E-state index < -0.39 is 0 Å². The van der Waals surface area contributed by atoms with Gasteiger partial charge in [-0.15, -0.1) is 0 Å². The van der Waals surface area contributed by atoms with Crippen molar-refractivity contribution >= 4 is 5.91 Å². The van der Waals surface area contributed by atoms with Gasteiger partial charge in [-0.2, -0.15) is 0 Å². The molecule has 1 amide bonds. The Morgan fingerprint density at radius 3 is 3.19 bits per heavy atom. The van der Waals surface area contributed by atoms with Crippen molar-refractivity contribution < 1.29 is 9.32 Å². The van der Waals surface area contributed by atoms with Gasteiger partial charge in [0.15, 0.2) is 0 Å². The second-order valence-corrected chi connectivity index (χ2v) is 4.18. The number of rotatable bonds is 3. The average molecular weight is 223 g/mol. The lowest BCUT2D eigenvalue weighted by Crippen LogP contribution is -2.40. The van der Waals surface area contributed by atoms with Crippen LogP contribution in [-0.4, -0.2) is 42.1 Å². The Bertz CT molecular complexity index is 375. The van der Waals surface area contributed by atoms with Gasteiger partial charge < -0.3 is 14.7 Å². The number of aromatic nitrogens is 1. The molecule has 1 aromatic rings. The van der Waals surface area contributed by atoms with Gasteiger partial charge in [-0.25, -0.2) is 0 Å². The van der Waals surface area contributed by atoms with E-state index in [2.05, 4.69) is 10.5 Å². The minimum atomic E-state index is -0.0432. The first-order chi connectivity index (χ1) is 7.72. The van der Waals surface area contributed by atoms with Crippen molar-refractivity contribution in [3.8, 4) is 0 Å². The molecular weight excluding hydrogens is 206 g/mol. The molecule has 0 aromatic carbocycles. The number of carbonyl (C=O) groups excluding carboxylic acids is 1. The fourth-order valence-corrected chi connectivity index (χ4v) is 2.16. The molecule has 1 unspecified atom stereocenters. The summed E-state index contributed by atoms with van der Waals surface area (Å²) in [5.74, 6) is 0.304. The van der Waals surface area contributed by atoms with Crippen LogP contribution in [0.15, 0.2) is 10.6 Å². The highest BCUT2D eigenvalue weighted by atomic mass is 16.5. The van der Waals surface area contributed by atoms with E-state index in [4.69, 9.17) is 4.52 Å². The summed E-state index contributed by atoms with van der Waals surface area (Å²) in [7, 11) is 1.90. The van der Waals surface area contributed by atoms with Crippen molar-refractivity contribution in [3.63, 3.8) is 0 Å². The summed E-state index contributed by atoms with van der Waals surface area (Å²) in [5, 5.41) is 6.85. The minimum absolute atomic E-state index is 0.0432. The Morgan fingerprint density at radius 2 is 2.56 bits per heavy atom. The molecule has 0 radical (unpaired) electrons. The van der Waals surface area contributed by atoms with Crippen LogP contribution in [-0.2, 0) is 0 Å². The monoisotopic (exact) mass is 223 g/mol. The number of nitrogens with zero attached hydrogens (tertiary/aromatic N) is 2. The van der Waals surface area contributed by atoms with Gasteiger partial charge in [0.1, 0.15) is 0 Å². The van der Waals surface area contributed by atoms with Crippen LogP contribution in [0.25, 0.3) is 0 Å². The van der Waals surface area contributed by atoms with Gasteiger partial charge in [0.25, 0.3) is 5.91 Å². The number of likely N-dealkylation sites (tertiary alicyclic amines) is 1. The molecule has 1 aliphatic rings.